The first-order valence-corrected chi connectivity index (χ1v) is 23.0. The molecular weight excluding hydrogens is 885 g/mol. The third kappa shape index (κ3) is 14.3. The quantitative estimate of drug-likeness (QED) is 0.0422. The Bertz CT molecular complexity index is 2130. The van der Waals surface area contributed by atoms with Gasteiger partial charge in [0.05, 0.1) is 25.6 Å². The number of aromatic nitrogens is 4. The molecule has 0 radical (unpaired) electrons. The van der Waals surface area contributed by atoms with Crippen molar-refractivity contribution in [3.8, 4) is 5.75 Å². The molecule has 0 aliphatic carbocycles. The number of aromatic hydroxyl groups is 1. The van der Waals surface area contributed by atoms with Crippen molar-refractivity contribution in [2.75, 3.05) is 37.8 Å². The molecule has 7 unspecified atom stereocenters. The van der Waals surface area contributed by atoms with Gasteiger partial charge in [0.15, 0.2) is 17.7 Å². The first kappa shape index (κ1) is 49.2. The number of rotatable bonds is 22. The SMILES string of the molecule is CC(C)(COP(=O)(O)OP(=O)(O)OCC1OC(n2cnc3c(N)ncnc32)C(O)C1OP(=O)(O)O)C(O)C(=O)NCCC(=O)NCCSC(=O)[C@@H](N)Cc1ccc(O)cc1. The number of phosphoric acid groups is 3. The highest BCUT2D eigenvalue weighted by atomic mass is 32.2. The van der Waals surface area contributed by atoms with Crippen LogP contribution in [0.15, 0.2) is 36.9 Å². The normalized spacial score (nSPS) is 21.5. The molecule has 60 heavy (non-hydrogen) atoms. The number of anilines is 1. The molecule has 1 saturated heterocycles. The second-order valence-corrected chi connectivity index (χ2v) is 19.0. The van der Waals surface area contributed by atoms with Gasteiger partial charge < -0.3 is 61.7 Å². The van der Waals surface area contributed by atoms with Crippen molar-refractivity contribution in [3.05, 3.63) is 42.5 Å². The number of phenolic OH excluding ortho intramolecular Hbond substituents is 1. The lowest BCUT2D eigenvalue weighted by atomic mass is 9.87. The molecule has 13 N–H and O–H groups in total. The summed E-state index contributed by atoms with van der Waals surface area (Å²) in [6, 6.07) is 5.45. The number of hydrogen-bond donors (Lipinski definition) is 11. The van der Waals surface area contributed by atoms with Gasteiger partial charge in [0.2, 0.25) is 16.9 Å². The summed E-state index contributed by atoms with van der Waals surface area (Å²) in [6.45, 7) is 0.290. The number of hydrogen-bond acceptors (Lipinski definition) is 20. The standard InChI is InChI=1S/C30H45N8O18P3S/c1-30(2,24(42)27(43)34-8-7-20(40)33-9-10-60-29(44)18(31)11-16-3-5-17(39)6-4-16)13-53-59(50,51)56-58(48,49)52-12-19-23(55-57(45,46)47)22(41)28(54-19)38-15-37-21-25(32)35-14-36-26(21)38/h3-6,14-15,18-19,22-24,28,39,41-42H,7-13,31H2,1-2H3,(H,33,40)(H,34,43)(H,48,49)(H,50,51)(H2,32,35,36)(H2,45,46,47)/t18-,19?,22?,23?,24?,28?/m0/s1. The molecule has 0 bridgehead atoms. The summed E-state index contributed by atoms with van der Waals surface area (Å²) in [6.07, 6.45) is -6.79. The number of ether oxygens (including phenoxy) is 1. The number of nitrogens with one attached hydrogen (secondary N) is 2. The average Bonchev–Trinajstić information content (AvgIpc) is 3.72. The topological polar surface area (TPSA) is 410 Å². The van der Waals surface area contributed by atoms with Gasteiger partial charge in [-0.2, -0.15) is 4.31 Å². The van der Waals surface area contributed by atoms with Gasteiger partial charge in [0, 0.05) is 30.7 Å². The molecule has 1 aromatic carbocycles. The number of benzene rings is 1. The number of thioether (sulfide) groups is 1. The predicted octanol–water partition coefficient (Wildman–Crippen LogP) is -1.06. The number of nitrogens with zero attached hydrogens (tertiary/aromatic N) is 4. The van der Waals surface area contributed by atoms with Crippen LogP contribution in [0.3, 0.4) is 0 Å². The fourth-order valence-corrected chi connectivity index (χ4v) is 8.89. The monoisotopic (exact) mass is 930 g/mol. The van der Waals surface area contributed by atoms with Gasteiger partial charge in [0.25, 0.3) is 0 Å². The molecule has 3 aromatic rings. The summed E-state index contributed by atoms with van der Waals surface area (Å²) >= 11 is 0.926. The van der Waals surface area contributed by atoms with Gasteiger partial charge in [-0.3, -0.25) is 32.5 Å². The lowest BCUT2D eigenvalue weighted by molar-refractivity contribution is -0.137. The van der Waals surface area contributed by atoms with Crippen LogP contribution in [0.1, 0.15) is 32.1 Å². The third-order valence-electron chi connectivity index (χ3n) is 8.44. The number of aliphatic hydroxyl groups is 2. The number of phenols is 1. The van der Waals surface area contributed by atoms with E-state index in [2.05, 4.69) is 34.4 Å². The predicted molar refractivity (Wildman–Crippen MR) is 207 cm³/mol. The van der Waals surface area contributed by atoms with Crippen molar-refractivity contribution in [2.45, 2.75) is 63.4 Å². The van der Waals surface area contributed by atoms with Gasteiger partial charge in [-0.15, -0.1) is 0 Å². The fourth-order valence-electron chi connectivity index (χ4n) is 5.36. The Morgan fingerprint density at radius 1 is 1.02 bits per heavy atom. The van der Waals surface area contributed by atoms with Crippen molar-refractivity contribution in [3.63, 3.8) is 0 Å². The number of fused-ring (bicyclic) bond motifs is 1. The van der Waals surface area contributed by atoms with E-state index in [0.29, 0.717) is 0 Å². The van der Waals surface area contributed by atoms with Crippen LogP contribution in [0.5, 0.6) is 5.75 Å². The third-order valence-corrected chi connectivity index (χ3v) is 12.5. The number of nitrogens with two attached hydrogens (primary N) is 2. The number of amides is 2. The summed E-state index contributed by atoms with van der Waals surface area (Å²) in [4.78, 5) is 88.1. The van der Waals surface area contributed by atoms with E-state index in [0.717, 1.165) is 34.5 Å². The fraction of sp³-hybridized carbons (Fsp3) is 0.533. The zero-order chi connectivity index (χ0) is 44.6. The number of carbonyl (C=O) groups is 3. The number of imidazole rings is 1. The molecule has 334 valence electrons. The minimum Gasteiger partial charge on any atom is -0.508 e. The van der Waals surface area contributed by atoms with Crippen molar-refractivity contribution in [1.29, 1.82) is 0 Å². The van der Waals surface area contributed by atoms with E-state index < -0.39 is 90.6 Å². The summed E-state index contributed by atoms with van der Waals surface area (Å²) in [5.74, 6) is -1.24. The summed E-state index contributed by atoms with van der Waals surface area (Å²) in [7, 11) is -16.4. The van der Waals surface area contributed by atoms with Gasteiger partial charge >= 0.3 is 23.5 Å². The van der Waals surface area contributed by atoms with E-state index in [1.165, 1.54) is 26.0 Å². The number of phosphoric ester groups is 3. The molecule has 0 saturated carbocycles. The molecule has 1 aliphatic heterocycles. The first-order valence-electron chi connectivity index (χ1n) is 17.5. The maximum Gasteiger partial charge on any atom is 0.481 e. The number of aliphatic hydroxyl groups excluding tert-OH is 2. The highest BCUT2D eigenvalue weighted by Gasteiger charge is 2.50. The van der Waals surface area contributed by atoms with Gasteiger partial charge in [0.1, 0.15) is 42.0 Å². The van der Waals surface area contributed by atoms with Crippen LogP contribution < -0.4 is 22.1 Å². The van der Waals surface area contributed by atoms with Gasteiger partial charge in [-0.25, -0.2) is 28.6 Å². The molecular formula is C30H45N8O18P3S. The van der Waals surface area contributed by atoms with E-state index in [9.17, 15) is 63.0 Å². The molecule has 4 rings (SSSR count). The Kier molecular flexibility index (Phi) is 16.9. The van der Waals surface area contributed by atoms with Crippen LogP contribution in [0.25, 0.3) is 11.2 Å². The second kappa shape index (κ2) is 20.6. The van der Waals surface area contributed by atoms with Crippen molar-refractivity contribution in [1.82, 2.24) is 30.2 Å². The van der Waals surface area contributed by atoms with E-state index >= 15 is 0 Å². The van der Waals surface area contributed by atoms with E-state index in [1.54, 1.807) is 12.1 Å². The van der Waals surface area contributed by atoms with E-state index in [1.807, 2.05) is 0 Å². The minimum atomic E-state index is -5.59. The molecule has 8 atom stereocenters. The first-order chi connectivity index (χ1) is 27.9. The molecule has 30 heteroatoms. The summed E-state index contributed by atoms with van der Waals surface area (Å²) in [5, 5.41) is 35.4. The van der Waals surface area contributed by atoms with E-state index in [-0.39, 0.29) is 59.5 Å². The lowest BCUT2D eigenvalue weighted by Crippen LogP contribution is -2.46. The van der Waals surface area contributed by atoms with Crippen molar-refractivity contribution >= 4 is 69.1 Å². The Hall–Kier alpha value is -3.46. The Morgan fingerprint density at radius 2 is 1.68 bits per heavy atom. The molecule has 3 heterocycles. The summed E-state index contributed by atoms with van der Waals surface area (Å²) in [5.41, 5.74) is 10.9. The molecule has 1 fully saturated rings. The smallest absolute Gasteiger partial charge is 0.481 e. The Labute approximate surface area is 344 Å². The largest absolute Gasteiger partial charge is 0.508 e. The van der Waals surface area contributed by atoms with Crippen LogP contribution in [-0.4, -0.2) is 134 Å². The minimum absolute atomic E-state index is 0.0227. The molecule has 1 aliphatic rings. The molecule has 0 spiro atoms. The van der Waals surface area contributed by atoms with Crippen molar-refractivity contribution < 1.29 is 85.6 Å². The maximum absolute atomic E-state index is 12.7. The zero-order valence-electron chi connectivity index (χ0n) is 31.7. The van der Waals surface area contributed by atoms with Gasteiger partial charge in [-0.05, 0) is 24.1 Å². The summed E-state index contributed by atoms with van der Waals surface area (Å²) < 4.78 is 62.2. The highest BCUT2D eigenvalue weighted by molar-refractivity contribution is 8.13. The van der Waals surface area contributed by atoms with Crippen molar-refractivity contribution in [2.24, 2.45) is 11.1 Å². The van der Waals surface area contributed by atoms with Crippen LogP contribution in [0.4, 0.5) is 5.82 Å². The lowest BCUT2D eigenvalue weighted by Gasteiger charge is -2.30. The van der Waals surface area contributed by atoms with Crippen LogP contribution >= 0.6 is 35.2 Å². The number of carbonyl (C=O) groups excluding carboxylic acids is 3. The zero-order valence-corrected chi connectivity index (χ0v) is 35.2. The Morgan fingerprint density at radius 3 is 2.35 bits per heavy atom. The van der Waals surface area contributed by atoms with Crippen LogP contribution in [0, 0.1) is 5.41 Å². The van der Waals surface area contributed by atoms with Crippen LogP contribution in [0.2, 0.25) is 0 Å². The van der Waals surface area contributed by atoms with Gasteiger partial charge in [-0.1, -0.05) is 37.7 Å². The molecule has 2 amide bonds. The van der Waals surface area contributed by atoms with E-state index in [4.69, 9.17) is 25.3 Å². The maximum atomic E-state index is 12.7. The molecule has 26 nitrogen and oxygen atoms in total. The van der Waals surface area contributed by atoms with Crippen LogP contribution in [-0.2, 0) is 57.1 Å². The average molecular weight is 931 g/mol. The highest BCUT2D eigenvalue weighted by Crippen LogP contribution is 2.61. The number of nitrogen functional groups attached to an aromatic ring is 1. The second-order valence-electron chi connectivity index (χ2n) is 13.7. The Balaban J connectivity index is 1.20. The molecule has 2 aromatic heterocycles.